The van der Waals surface area contributed by atoms with Crippen molar-refractivity contribution in [1.82, 2.24) is 19.6 Å². The SMILES string of the molecule is OC[C@H]1O[C@@H](O[C@@H]2O[C@H](CO)[C@H](O)[C@H](n3cc(-c4cccc(F)c4)cn3)[C@H]2O)[C@H](O)[C@@H](n2cc(-c3cccc(F)c3)cn2)[C@H]1O. The standard InChI is InChI=1S/C30H32F2N4O9/c31-19-5-1-3-15(7-19)17-9-33-35(11-17)23-25(39)21(13-37)43-29(27(23)41)45-30-28(42)24(26(40)22(14-38)44-30)36-12-18(10-34-36)16-4-2-6-20(32)8-16/h1-12,21-30,37-42H,13-14H2/t21-,22-,23+,24+,25+,26+,27-,28-,29+,30+/m1/s1. The number of hydrogen-bond donors (Lipinski definition) is 6. The van der Waals surface area contributed by atoms with Crippen molar-refractivity contribution in [3.8, 4) is 22.3 Å². The molecule has 4 heterocycles. The summed E-state index contributed by atoms with van der Waals surface area (Å²) in [6.45, 7) is -1.35. The van der Waals surface area contributed by atoms with E-state index >= 15 is 0 Å². The number of halogens is 2. The van der Waals surface area contributed by atoms with Crippen LogP contribution in [0.5, 0.6) is 0 Å². The highest BCUT2D eigenvalue weighted by molar-refractivity contribution is 5.62. The molecule has 0 spiro atoms. The van der Waals surface area contributed by atoms with Crippen LogP contribution in [-0.4, -0.2) is 113 Å². The summed E-state index contributed by atoms with van der Waals surface area (Å²) < 4.78 is 47.2. The first-order chi connectivity index (χ1) is 21.7. The molecule has 6 N–H and O–H groups in total. The molecule has 13 nitrogen and oxygen atoms in total. The number of aromatic nitrogens is 4. The summed E-state index contributed by atoms with van der Waals surface area (Å²) in [6, 6.07) is 9.09. The number of hydrogen-bond acceptors (Lipinski definition) is 11. The zero-order valence-corrected chi connectivity index (χ0v) is 23.6. The predicted octanol–water partition coefficient (Wildman–Crippen LogP) is 0.369. The molecule has 2 aromatic heterocycles. The Morgan fingerprint density at radius 2 is 1.07 bits per heavy atom. The Balaban J connectivity index is 1.25. The van der Waals surface area contributed by atoms with Crippen molar-refractivity contribution in [2.75, 3.05) is 13.2 Å². The molecule has 15 heteroatoms. The summed E-state index contributed by atoms with van der Waals surface area (Å²) in [7, 11) is 0. The Morgan fingerprint density at radius 3 is 1.44 bits per heavy atom. The minimum atomic E-state index is -1.64. The summed E-state index contributed by atoms with van der Waals surface area (Å²) >= 11 is 0. The predicted molar refractivity (Wildman–Crippen MR) is 150 cm³/mol. The molecule has 2 aliphatic heterocycles. The number of ether oxygens (including phenoxy) is 3. The van der Waals surface area contributed by atoms with E-state index in [-0.39, 0.29) is 0 Å². The number of aliphatic hydroxyl groups excluding tert-OH is 6. The van der Waals surface area contributed by atoms with Gasteiger partial charge in [-0.05, 0) is 35.4 Å². The molecule has 2 saturated heterocycles. The molecule has 2 fully saturated rings. The van der Waals surface area contributed by atoms with Crippen molar-refractivity contribution in [2.45, 2.75) is 61.3 Å². The molecule has 2 aromatic carbocycles. The molecule has 45 heavy (non-hydrogen) atoms. The van der Waals surface area contributed by atoms with Crippen LogP contribution in [0.1, 0.15) is 12.1 Å². The van der Waals surface area contributed by atoms with Gasteiger partial charge in [0.15, 0.2) is 12.6 Å². The van der Waals surface area contributed by atoms with Crippen LogP contribution in [0.4, 0.5) is 8.78 Å². The fourth-order valence-corrected chi connectivity index (χ4v) is 5.75. The number of rotatable bonds is 8. The quantitative estimate of drug-likeness (QED) is 0.158. The third kappa shape index (κ3) is 6.14. The Morgan fingerprint density at radius 1 is 0.644 bits per heavy atom. The Kier molecular flexibility index (Phi) is 9.05. The van der Waals surface area contributed by atoms with Crippen LogP contribution in [0.15, 0.2) is 73.3 Å². The van der Waals surface area contributed by atoms with Gasteiger partial charge in [-0.1, -0.05) is 24.3 Å². The van der Waals surface area contributed by atoms with Crippen LogP contribution in [0.2, 0.25) is 0 Å². The minimum Gasteiger partial charge on any atom is -0.394 e. The van der Waals surface area contributed by atoms with Crippen LogP contribution in [-0.2, 0) is 14.2 Å². The normalized spacial score (nSPS) is 32.1. The molecular formula is C30H32F2N4O9. The van der Waals surface area contributed by atoms with Gasteiger partial charge in [0.2, 0.25) is 0 Å². The van der Waals surface area contributed by atoms with E-state index in [0.717, 1.165) is 0 Å². The maximum absolute atomic E-state index is 13.8. The Bertz CT molecular complexity index is 1490. The maximum atomic E-state index is 13.8. The summed E-state index contributed by atoms with van der Waals surface area (Å²) in [5.74, 6) is -0.924. The molecule has 0 amide bonds. The molecule has 2 aliphatic rings. The van der Waals surface area contributed by atoms with Crippen molar-refractivity contribution >= 4 is 0 Å². The van der Waals surface area contributed by atoms with Crippen molar-refractivity contribution in [1.29, 1.82) is 0 Å². The molecule has 6 rings (SSSR count). The fourth-order valence-electron chi connectivity index (χ4n) is 5.75. The van der Waals surface area contributed by atoms with Crippen LogP contribution in [0.3, 0.4) is 0 Å². The van der Waals surface area contributed by atoms with E-state index in [2.05, 4.69) is 10.2 Å². The fraction of sp³-hybridized carbons (Fsp3) is 0.400. The highest BCUT2D eigenvalue weighted by Gasteiger charge is 2.51. The van der Waals surface area contributed by atoms with Gasteiger partial charge >= 0.3 is 0 Å². The largest absolute Gasteiger partial charge is 0.394 e. The van der Waals surface area contributed by atoms with E-state index in [1.165, 1.54) is 70.5 Å². The third-order valence-electron chi connectivity index (χ3n) is 8.09. The first-order valence-corrected chi connectivity index (χ1v) is 14.2. The van der Waals surface area contributed by atoms with Gasteiger partial charge < -0.3 is 44.8 Å². The Labute approximate surface area is 255 Å². The van der Waals surface area contributed by atoms with Crippen LogP contribution < -0.4 is 0 Å². The first kappa shape index (κ1) is 31.3. The maximum Gasteiger partial charge on any atom is 0.189 e. The lowest BCUT2D eigenvalue weighted by Crippen LogP contribution is -2.61. The average molecular weight is 631 g/mol. The molecule has 0 aliphatic carbocycles. The molecule has 240 valence electrons. The Hall–Kier alpha value is -3.64. The summed E-state index contributed by atoms with van der Waals surface area (Å²) in [4.78, 5) is 0. The monoisotopic (exact) mass is 630 g/mol. The second-order valence-electron chi connectivity index (χ2n) is 11.0. The van der Waals surface area contributed by atoms with E-state index in [1.807, 2.05) is 0 Å². The zero-order chi connectivity index (χ0) is 31.8. The van der Waals surface area contributed by atoms with Crippen molar-refractivity contribution < 1.29 is 53.6 Å². The molecule has 4 aromatic rings. The van der Waals surface area contributed by atoms with Crippen LogP contribution in [0.25, 0.3) is 22.3 Å². The summed E-state index contributed by atoms with van der Waals surface area (Å²) in [6.07, 6.45) is -6.14. The molecular weight excluding hydrogens is 598 g/mol. The highest BCUT2D eigenvalue weighted by Crippen LogP contribution is 2.36. The van der Waals surface area contributed by atoms with Gasteiger partial charge in [0.1, 0.15) is 60.3 Å². The molecule has 10 atom stereocenters. The molecule has 0 saturated carbocycles. The van der Waals surface area contributed by atoms with Gasteiger partial charge in [0.05, 0.1) is 25.6 Å². The average Bonchev–Trinajstić information content (AvgIpc) is 3.71. The van der Waals surface area contributed by atoms with E-state index in [9.17, 15) is 39.4 Å². The highest BCUT2D eigenvalue weighted by atomic mass is 19.1. The smallest absolute Gasteiger partial charge is 0.189 e. The van der Waals surface area contributed by atoms with E-state index in [1.54, 1.807) is 12.1 Å². The van der Waals surface area contributed by atoms with E-state index in [0.29, 0.717) is 22.3 Å². The van der Waals surface area contributed by atoms with E-state index in [4.69, 9.17) is 14.2 Å². The van der Waals surface area contributed by atoms with E-state index < -0.39 is 86.1 Å². The van der Waals surface area contributed by atoms with Crippen LogP contribution >= 0.6 is 0 Å². The third-order valence-corrected chi connectivity index (χ3v) is 8.09. The topological polar surface area (TPSA) is 185 Å². The minimum absolute atomic E-state index is 0.462. The molecule has 0 radical (unpaired) electrons. The lowest BCUT2D eigenvalue weighted by atomic mass is 9.95. The van der Waals surface area contributed by atoms with Gasteiger partial charge in [0, 0.05) is 23.5 Å². The summed E-state index contributed by atoms with van der Waals surface area (Å²) in [5.41, 5.74) is 1.98. The second kappa shape index (κ2) is 13.0. The lowest BCUT2D eigenvalue weighted by molar-refractivity contribution is -0.367. The zero-order valence-electron chi connectivity index (χ0n) is 23.6. The van der Waals surface area contributed by atoms with Crippen molar-refractivity contribution in [3.63, 3.8) is 0 Å². The molecule has 0 bridgehead atoms. The molecule has 0 unspecified atom stereocenters. The van der Waals surface area contributed by atoms with Crippen molar-refractivity contribution in [2.24, 2.45) is 0 Å². The van der Waals surface area contributed by atoms with Gasteiger partial charge in [0.25, 0.3) is 0 Å². The lowest BCUT2D eigenvalue weighted by Gasteiger charge is -2.46. The number of nitrogens with zero attached hydrogens (tertiary/aromatic N) is 4. The number of aliphatic hydroxyl groups is 6. The van der Waals surface area contributed by atoms with Crippen LogP contribution in [0, 0.1) is 11.6 Å². The van der Waals surface area contributed by atoms with Gasteiger partial charge in [-0.2, -0.15) is 10.2 Å². The second-order valence-corrected chi connectivity index (χ2v) is 11.0. The van der Waals surface area contributed by atoms with Gasteiger partial charge in [-0.25, -0.2) is 8.78 Å². The summed E-state index contributed by atoms with van der Waals surface area (Å²) in [5, 5.41) is 72.9. The van der Waals surface area contributed by atoms with Gasteiger partial charge in [-0.15, -0.1) is 0 Å². The first-order valence-electron chi connectivity index (χ1n) is 14.2. The van der Waals surface area contributed by atoms with Crippen molar-refractivity contribution in [3.05, 3.63) is 85.0 Å². The number of benzene rings is 2. The van der Waals surface area contributed by atoms with Gasteiger partial charge in [-0.3, -0.25) is 9.36 Å².